The summed E-state index contributed by atoms with van der Waals surface area (Å²) in [5, 5.41) is 20.9. The molecule has 3 unspecified atom stereocenters. The number of esters is 2. The third kappa shape index (κ3) is 27.5. The van der Waals surface area contributed by atoms with Crippen LogP contribution in [0, 0.1) is 5.92 Å². The summed E-state index contributed by atoms with van der Waals surface area (Å²) >= 11 is 0. The van der Waals surface area contributed by atoms with E-state index in [0.29, 0.717) is 38.5 Å². The molecule has 0 spiro atoms. The summed E-state index contributed by atoms with van der Waals surface area (Å²) in [7, 11) is -10.9. The molecule has 21 heteroatoms. The van der Waals surface area contributed by atoms with Gasteiger partial charge in [-0.1, -0.05) is 134 Å². The molecule has 0 bridgehead atoms. The van der Waals surface area contributed by atoms with E-state index in [0.717, 1.165) is 61.6 Å². The molecule has 0 aromatic carbocycles. The summed E-state index contributed by atoms with van der Waals surface area (Å²) < 4.78 is 56.5. The Bertz CT molecular complexity index is 1910. The molecule has 1 aromatic heterocycles. The van der Waals surface area contributed by atoms with Crippen molar-refractivity contribution >= 4 is 39.2 Å². The van der Waals surface area contributed by atoms with E-state index in [1.54, 1.807) is 12.2 Å². The van der Waals surface area contributed by atoms with E-state index in [1.165, 1.54) is 38.2 Å². The smallest absolute Gasteiger partial charge is 0.462 e. The second-order valence-electron chi connectivity index (χ2n) is 16.9. The molecule has 2 rings (SSSR count). The highest BCUT2D eigenvalue weighted by Gasteiger charge is 2.46. The van der Waals surface area contributed by atoms with Crippen LogP contribution in [0.15, 0.2) is 65.7 Å². The van der Waals surface area contributed by atoms with Gasteiger partial charge in [0.2, 0.25) is 0 Å². The van der Waals surface area contributed by atoms with E-state index in [2.05, 4.69) is 30.1 Å². The van der Waals surface area contributed by atoms with Crippen LogP contribution in [0.2, 0.25) is 0 Å². The SMILES string of the molecule is CCCCCC(=O)/C=C/C=C\C/C=C\C/C=C\CCCC(=O)O[C@H](COC(=O)CCCCCCCCCCC(C)CC)COP(=O)(O)OP(=O)(O)OC[C@H]1O[C@@H](n2ccc(N)nc2=O)[C@H](O)[C@@H]1O. The summed E-state index contributed by atoms with van der Waals surface area (Å²) in [6.45, 7) is 4.19. The Morgan fingerprint density at radius 3 is 2.13 bits per heavy atom. The molecular weight excluding hydrogens is 924 g/mol. The molecule has 19 nitrogen and oxygen atoms in total. The summed E-state index contributed by atoms with van der Waals surface area (Å²) in [4.78, 5) is 73.5. The fourth-order valence-electron chi connectivity index (χ4n) is 6.77. The van der Waals surface area contributed by atoms with Crippen molar-refractivity contribution in [3.63, 3.8) is 0 Å². The van der Waals surface area contributed by atoms with Crippen molar-refractivity contribution in [2.45, 2.75) is 180 Å². The van der Waals surface area contributed by atoms with Gasteiger partial charge in [0.15, 0.2) is 18.1 Å². The number of aliphatic hydroxyl groups excluding tert-OH is 2. The number of phosphoric ester groups is 2. The van der Waals surface area contributed by atoms with Crippen LogP contribution in [0.5, 0.6) is 0 Å². The third-order valence-electron chi connectivity index (χ3n) is 10.9. The summed E-state index contributed by atoms with van der Waals surface area (Å²) in [5.41, 5.74) is 4.57. The quantitative estimate of drug-likeness (QED) is 0.0104. The Labute approximate surface area is 401 Å². The molecule has 1 fully saturated rings. The lowest BCUT2D eigenvalue weighted by Gasteiger charge is -2.21. The molecule has 2 heterocycles. The van der Waals surface area contributed by atoms with Crippen molar-refractivity contribution in [1.29, 1.82) is 0 Å². The Kier molecular flexibility index (Phi) is 30.8. The van der Waals surface area contributed by atoms with Crippen LogP contribution in [0.1, 0.15) is 155 Å². The van der Waals surface area contributed by atoms with E-state index < -0.39 is 83.7 Å². The number of nitrogen functional groups attached to an aromatic ring is 1. The maximum absolute atomic E-state index is 12.8. The topological polar surface area (TPSA) is 283 Å². The molecule has 8 atom stereocenters. The maximum atomic E-state index is 12.8. The average molecular weight is 1000 g/mol. The second kappa shape index (κ2) is 34.6. The molecule has 0 radical (unpaired) electrons. The molecule has 1 saturated heterocycles. The third-order valence-corrected chi connectivity index (χ3v) is 13.5. The van der Waals surface area contributed by atoms with Crippen LogP contribution < -0.4 is 11.4 Å². The van der Waals surface area contributed by atoms with Gasteiger partial charge in [0.25, 0.3) is 0 Å². The van der Waals surface area contributed by atoms with Gasteiger partial charge in [-0.15, -0.1) is 0 Å². The van der Waals surface area contributed by atoms with Gasteiger partial charge in [-0.05, 0) is 56.6 Å². The molecule has 68 heavy (non-hydrogen) atoms. The number of nitrogens with two attached hydrogens (primary N) is 1. The monoisotopic (exact) mass is 1000 g/mol. The first kappa shape index (κ1) is 60.5. The number of aliphatic hydroxyl groups is 2. The lowest BCUT2D eigenvalue weighted by Crippen LogP contribution is -2.36. The van der Waals surface area contributed by atoms with Crippen LogP contribution in [0.4, 0.5) is 5.82 Å². The molecule has 6 N–H and O–H groups in total. The predicted molar refractivity (Wildman–Crippen MR) is 257 cm³/mol. The van der Waals surface area contributed by atoms with Gasteiger partial charge in [-0.25, -0.2) is 13.9 Å². The molecule has 0 aliphatic carbocycles. The number of anilines is 1. The maximum Gasteiger partial charge on any atom is 0.481 e. The predicted octanol–water partition coefficient (Wildman–Crippen LogP) is 8.42. The summed E-state index contributed by atoms with van der Waals surface area (Å²) in [6, 6.07) is 1.24. The number of rotatable bonds is 38. The number of nitrogens with zero attached hydrogens (tertiary/aromatic N) is 2. The zero-order chi connectivity index (χ0) is 50.2. The van der Waals surface area contributed by atoms with Crippen molar-refractivity contribution in [3.8, 4) is 0 Å². The van der Waals surface area contributed by atoms with Crippen LogP contribution in [-0.2, 0) is 51.1 Å². The zero-order valence-corrected chi connectivity index (χ0v) is 41.8. The summed E-state index contributed by atoms with van der Waals surface area (Å²) in [6.07, 6.45) is 24.9. The van der Waals surface area contributed by atoms with Crippen LogP contribution in [0.25, 0.3) is 0 Å². The van der Waals surface area contributed by atoms with Crippen LogP contribution in [-0.4, -0.2) is 91.5 Å². The number of allylic oxidation sites excluding steroid dienone is 8. The van der Waals surface area contributed by atoms with Crippen molar-refractivity contribution < 1.29 is 71.1 Å². The van der Waals surface area contributed by atoms with E-state index in [-0.39, 0.29) is 24.4 Å². The number of hydrogen-bond acceptors (Lipinski definition) is 16. The van der Waals surface area contributed by atoms with Crippen molar-refractivity contribution in [2.24, 2.45) is 5.92 Å². The second-order valence-corrected chi connectivity index (χ2v) is 19.9. The fourth-order valence-corrected chi connectivity index (χ4v) is 8.88. The average Bonchev–Trinajstić information content (AvgIpc) is 3.57. The minimum atomic E-state index is -5.44. The highest BCUT2D eigenvalue weighted by atomic mass is 31.3. The van der Waals surface area contributed by atoms with Crippen LogP contribution in [0.3, 0.4) is 0 Å². The minimum absolute atomic E-state index is 0.0526. The number of hydrogen-bond donors (Lipinski definition) is 5. The Balaban J connectivity index is 1.86. The lowest BCUT2D eigenvalue weighted by atomic mass is 9.99. The number of ether oxygens (including phenoxy) is 3. The van der Waals surface area contributed by atoms with Gasteiger partial charge in [0.1, 0.15) is 30.7 Å². The van der Waals surface area contributed by atoms with Crippen LogP contribution >= 0.6 is 15.6 Å². The van der Waals surface area contributed by atoms with Gasteiger partial charge in [0, 0.05) is 25.5 Å². The molecule has 0 saturated carbocycles. The number of carbonyl (C=O) groups is 3. The number of aromatic nitrogens is 2. The van der Waals surface area contributed by atoms with Gasteiger partial charge in [-0.2, -0.15) is 9.29 Å². The van der Waals surface area contributed by atoms with Gasteiger partial charge >= 0.3 is 33.3 Å². The molecule has 1 aromatic rings. The van der Waals surface area contributed by atoms with E-state index in [4.69, 9.17) is 29.0 Å². The normalized spacial score (nSPS) is 20.3. The van der Waals surface area contributed by atoms with Crippen molar-refractivity contribution in [2.75, 3.05) is 25.6 Å². The molecule has 386 valence electrons. The fraction of sp³-hybridized carbons (Fsp3) is 0.681. The molecule has 1 aliphatic heterocycles. The van der Waals surface area contributed by atoms with E-state index in [9.17, 15) is 48.3 Å². The standard InChI is InChI=1S/C47H77N3O16P2/c1-4-6-22-28-38(51)29-24-19-15-10-8-7-9-11-17-21-26-31-43(53)64-39(34-61-42(52)30-25-20-16-13-12-14-18-23-27-37(3)5-2)35-62-67(57,58)66-68(59,60)63-36-40-44(54)45(55)46(65-40)50-33-32-41(48)49-47(50)56/h7-8,11,15,17,19,24,29,32-33,37,39-40,44-46,54-55H,4-6,9-10,12-14,16,18,20-23,25-28,30-31,34-36H2,1-3H3,(H,57,58)(H,59,60)(H2,48,49,56)/b8-7-,17-11-,19-15-,29-24+/t37?,39-,40-,44-,45-,46-/m1/s1. The molecule has 0 amide bonds. The first-order chi connectivity index (χ1) is 32.5. The van der Waals surface area contributed by atoms with E-state index in [1.807, 2.05) is 36.5 Å². The minimum Gasteiger partial charge on any atom is -0.462 e. The first-order valence-corrected chi connectivity index (χ1v) is 27.0. The van der Waals surface area contributed by atoms with Gasteiger partial charge in [-0.3, -0.25) is 28.0 Å². The summed E-state index contributed by atoms with van der Waals surface area (Å²) in [5.74, 6) is -0.519. The zero-order valence-electron chi connectivity index (χ0n) is 40.1. The largest absolute Gasteiger partial charge is 0.481 e. The molecule has 1 aliphatic rings. The highest BCUT2D eigenvalue weighted by Crippen LogP contribution is 2.60. The highest BCUT2D eigenvalue weighted by molar-refractivity contribution is 7.61. The lowest BCUT2D eigenvalue weighted by molar-refractivity contribution is -0.161. The number of unbranched alkanes of at least 4 members (excludes halogenated alkanes) is 10. The Hall–Kier alpha value is -3.61. The first-order valence-electron chi connectivity index (χ1n) is 24.0. The number of carbonyl (C=O) groups excluding carboxylic acids is 3. The Morgan fingerprint density at radius 1 is 0.809 bits per heavy atom. The van der Waals surface area contributed by atoms with Crippen molar-refractivity contribution in [3.05, 3.63) is 71.4 Å². The number of phosphoric acid groups is 2. The Morgan fingerprint density at radius 2 is 1.44 bits per heavy atom. The molecular formula is C47H77N3O16P2. The van der Waals surface area contributed by atoms with Gasteiger partial charge in [0.05, 0.1) is 13.2 Å². The number of ketones is 1. The van der Waals surface area contributed by atoms with Crippen molar-refractivity contribution in [1.82, 2.24) is 9.55 Å². The van der Waals surface area contributed by atoms with E-state index >= 15 is 0 Å². The van der Waals surface area contributed by atoms with Gasteiger partial charge < -0.3 is 39.9 Å².